The molecule has 48 heavy (non-hydrogen) atoms. The van der Waals surface area contributed by atoms with Crippen LogP contribution in [0.1, 0.15) is 53.1 Å². The summed E-state index contributed by atoms with van der Waals surface area (Å²) in [7, 11) is 0. The quantitative estimate of drug-likeness (QED) is 0.139. The minimum atomic E-state index is -0.499. The topological polar surface area (TPSA) is 24.7 Å². The van der Waals surface area contributed by atoms with Crippen molar-refractivity contribution in [2.45, 2.75) is 25.2 Å². The standard InChI is InChI=1S/C46H34N2/c1-30(32-15-5-3-6-16-32)47-45(48-31(2)33-17-7-4-8-18-33)35-27-28-38-36-21-9-11-24-40(36)46(43(38)29-35)41-25-12-10-22-37(41)39-23-13-19-34-20-14-26-42(46)44(34)39/h4-5,7-29H,1,3,6H2,2H3. The van der Waals surface area contributed by atoms with Gasteiger partial charge < -0.3 is 0 Å². The van der Waals surface area contributed by atoms with E-state index < -0.39 is 5.41 Å². The highest BCUT2D eigenvalue weighted by atomic mass is 14.9. The number of nitrogens with zero attached hydrogens (tertiary/aromatic N) is 2. The Bertz CT molecular complexity index is 2420. The molecule has 6 aromatic carbocycles. The van der Waals surface area contributed by atoms with Crippen molar-refractivity contribution in [3.8, 4) is 22.3 Å². The summed E-state index contributed by atoms with van der Waals surface area (Å²) in [5.74, 6) is 0.665. The van der Waals surface area contributed by atoms with Crippen LogP contribution in [0.2, 0.25) is 0 Å². The molecule has 228 valence electrons. The zero-order valence-corrected chi connectivity index (χ0v) is 26.9. The van der Waals surface area contributed by atoms with E-state index in [9.17, 15) is 0 Å². The van der Waals surface area contributed by atoms with Crippen molar-refractivity contribution in [2.75, 3.05) is 0 Å². The van der Waals surface area contributed by atoms with Crippen LogP contribution in [0.15, 0.2) is 180 Å². The lowest BCUT2D eigenvalue weighted by Crippen LogP contribution is -2.32. The fraction of sp³-hybridized carbons (Fsp3) is 0.0870. The number of fused-ring (bicyclic) bond motifs is 9. The molecule has 0 aliphatic heterocycles. The summed E-state index contributed by atoms with van der Waals surface area (Å²) < 4.78 is 0. The highest BCUT2D eigenvalue weighted by molar-refractivity contribution is 6.13. The molecule has 3 aliphatic carbocycles. The van der Waals surface area contributed by atoms with Gasteiger partial charge in [0, 0.05) is 11.3 Å². The number of aliphatic imine (C=N–C) groups is 2. The SMILES string of the molecule is C=C(N=C(N=C(C)c1ccccc1)c1ccc2c(c1)C1(c3ccccc3-2)c2ccccc2-c2cccc3cccc1c23)C1=CCCC=C1. The number of rotatable bonds is 4. The first kappa shape index (κ1) is 28.4. The molecule has 1 unspecified atom stereocenters. The number of allylic oxidation sites excluding steroid dienone is 3. The average molecular weight is 615 g/mol. The maximum Gasteiger partial charge on any atom is 0.160 e. The molecule has 2 nitrogen and oxygen atoms in total. The van der Waals surface area contributed by atoms with Gasteiger partial charge in [-0.25, -0.2) is 9.98 Å². The first-order chi connectivity index (χ1) is 23.6. The van der Waals surface area contributed by atoms with E-state index in [1.165, 1.54) is 55.3 Å². The maximum atomic E-state index is 5.23. The van der Waals surface area contributed by atoms with Crippen molar-refractivity contribution in [3.63, 3.8) is 0 Å². The third-order valence-electron chi connectivity index (χ3n) is 10.3. The molecule has 0 fully saturated rings. The van der Waals surface area contributed by atoms with E-state index in [2.05, 4.69) is 159 Å². The van der Waals surface area contributed by atoms with Gasteiger partial charge in [-0.2, -0.15) is 0 Å². The molecule has 2 heteroatoms. The van der Waals surface area contributed by atoms with E-state index in [0.717, 1.165) is 41.0 Å². The predicted molar refractivity (Wildman–Crippen MR) is 201 cm³/mol. The van der Waals surface area contributed by atoms with Crippen LogP contribution in [0.4, 0.5) is 0 Å². The minimum absolute atomic E-state index is 0.499. The molecule has 0 saturated carbocycles. The van der Waals surface area contributed by atoms with Crippen LogP contribution in [0.25, 0.3) is 33.0 Å². The summed E-state index contributed by atoms with van der Waals surface area (Å²) in [6, 6.07) is 48.6. The summed E-state index contributed by atoms with van der Waals surface area (Å²) in [5, 5.41) is 2.58. The van der Waals surface area contributed by atoms with Crippen molar-refractivity contribution in [3.05, 3.63) is 203 Å². The molecule has 0 N–H and O–H groups in total. The van der Waals surface area contributed by atoms with Crippen LogP contribution in [-0.4, -0.2) is 11.5 Å². The number of amidine groups is 1. The van der Waals surface area contributed by atoms with Gasteiger partial charge in [-0.3, -0.25) is 0 Å². The highest BCUT2D eigenvalue weighted by Gasteiger charge is 2.50. The lowest BCUT2D eigenvalue weighted by Gasteiger charge is -2.40. The van der Waals surface area contributed by atoms with Crippen LogP contribution < -0.4 is 0 Å². The van der Waals surface area contributed by atoms with Crippen LogP contribution in [0.5, 0.6) is 0 Å². The van der Waals surface area contributed by atoms with Crippen LogP contribution in [0, 0.1) is 0 Å². The number of hydrogen-bond donors (Lipinski definition) is 0. The summed E-state index contributed by atoms with van der Waals surface area (Å²) in [4.78, 5) is 10.4. The van der Waals surface area contributed by atoms with Crippen LogP contribution in [0.3, 0.4) is 0 Å². The van der Waals surface area contributed by atoms with E-state index in [0.29, 0.717) is 5.84 Å². The van der Waals surface area contributed by atoms with Gasteiger partial charge in [0.05, 0.1) is 11.1 Å². The van der Waals surface area contributed by atoms with Gasteiger partial charge >= 0.3 is 0 Å². The third kappa shape index (κ3) is 4.19. The lowest BCUT2D eigenvalue weighted by molar-refractivity contribution is 0.773. The zero-order chi connectivity index (χ0) is 32.2. The Kier molecular flexibility index (Phi) is 6.58. The maximum absolute atomic E-state index is 5.23. The number of hydrogen-bond acceptors (Lipinski definition) is 1. The van der Waals surface area contributed by atoms with E-state index >= 15 is 0 Å². The fourth-order valence-corrected chi connectivity index (χ4v) is 8.14. The largest absolute Gasteiger partial charge is 0.233 e. The lowest BCUT2D eigenvalue weighted by atomic mass is 9.61. The molecule has 1 atom stereocenters. The summed E-state index contributed by atoms with van der Waals surface area (Å²) >= 11 is 0. The number of benzene rings is 6. The Balaban J connectivity index is 1.33. The monoisotopic (exact) mass is 614 g/mol. The Morgan fingerprint density at radius 3 is 1.98 bits per heavy atom. The molecule has 9 rings (SSSR count). The molecule has 1 spiro atoms. The first-order valence-electron chi connectivity index (χ1n) is 16.8. The summed E-state index contributed by atoms with van der Waals surface area (Å²) in [6.07, 6.45) is 8.59. The van der Waals surface area contributed by atoms with Crippen molar-refractivity contribution in [1.82, 2.24) is 0 Å². The van der Waals surface area contributed by atoms with Crippen molar-refractivity contribution < 1.29 is 0 Å². The van der Waals surface area contributed by atoms with Gasteiger partial charge in [0.15, 0.2) is 5.84 Å². The molecule has 3 aliphatic rings. The minimum Gasteiger partial charge on any atom is -0.233 e. The highest BCUT2D eigenvalue weighted by Crippen LogP contribution is 2.61. The van der Waals surface area contributed by atoms with E-state index in [-0.39, 0.29) is 0 Å². The van der Waals surface area contributed by atoms with Gasteiger partial charge in [-0.1, -0.05) is 152 Å². The Morgan fingerprint density at radius 2 is 1.23 bits per heavy atom. The Hall–Kier alpha value is -5.86. The van der Waals surface area contributed by atoms with Gasteiger partial charge in [-0.05, 0) is 92.2 Å². The van der Waals surface area contributed by atoms with Gasteiger partial charge in [0.25, 0.3) is 0 Å². The summed E-state index contributed by atoms with van der Waals surface area (Å²) in [5.41, 5.74) is 14.6. The Labute approximate surface area is 281 Å². The smallest absolute Gasteiger partial charge is 0.160 e. The molecule has 0 bridgehead atoms. The predicted octanol–water partition coefficient (Wildman–Crippen LogP) is 11.2. The van der Waals surface area contributed by atoms with Gasteiger partial charge in [0.1, 0.15) is 0 Å². The fourth-order valence-electron chi connectivity index (χ4n) is 8.14. The van der Waals surface area contributed by atoms with E-state index in [1.807, 2.05) is 6.07 Å². The zero-order valence-electron chi connectivity index (χ0n) is 26.9. The van der Waals surface area contributed by atoms with E-state index in [4.69, 9.17) is 9.98 Å². The molecule has 0 radical (unpaired) electrons. The molecular formula is C46H34N2. The third-order valence-corrected chi connectivity index (χ3v) is 10.3. The molecule has 0 heterocycles. The Morgan fingerprint density at radius 1 is 0.583 bits per heavy atom. The van der Waals surface area contributed by atoms with Crippen molar-refractivity contribution in [2.24, 2.45) is 9.98 Å². The molecule has 0 saturated heterocycles. The second-order valence-corrected chi connectivity index (χ2v) is 12.9. The van der Waals surface area contributed by atoms with E-state index in [1.54, 1.807) is 0 Å². The molecule has 0 amide bonds. The van der Waals surface area contributed by atoms with Crippen molar-refractivity contribution in [1.29, 1.82) is 0 Å². The second kappa shape index (κ2) is 11.1. The van der Waals surface area contributed by atoms with Crippen LogP contribution >= 0.6 is 0 Å². The first-order valence-corrected chi connectivity index (χ1v) is 16.8. The van der Waals surface area contributed by atoms with Crippen molar-refractivity contribution >= 4 is 22.3 Å². The average Bonchev–Trinajstić information content (AvgIpc) is 3.44. The molecular weight excluding hydrogens is 581 g/mol. The molecule has 0 aromatic heterocycles. The summed E-state index contributed by atoms with van der Waals surface area (Å²) in [6.45, 7) is 6.48. The van der Waals surface area contributed by atoms with Gasteiger partial charge in [0.2, 0.25) is 0 Å². The van der Waals surface area contributed by atoms with Gasteiger partial charge in [-0.15, -0.1) is 0 Å². The molecule has 6 aromatic rings. The second-order valence-electron chi connectivity index (χ2n) is 12.9. The van der Waals surface area contributed by atoms with Crippen LogP contribution in [-0.2, 0) is 5.41 Å². The normalized spacial score (nSPS) is 17.6.